The fourth-order valence-corrected chi connectivity index (χ4v) is 2.01. The Morgan fingerprint density at radius 2 is 2.13 bits per heavy atom. The number of methoxy groups -OCH3 is 1. The summed E-state index contributed by atoms with van der Waals surface area (Å²) in [6.45, 7) is 0.0281. The van der Waals surface area contributed by atoms with Gasteiger partial charge in [-0.15, -0.1) is 3.89 Å². The SMILES string of the molecule is COCOc1ccc(S(=O)(=O)F)cc1Br. The second-order valence-corrected chi connectivity index (χ2v) is 4.78. The van der Waals surface area contributed by atoms with E-state index in [9.17, 15) is 12.3 Å². The first-order chi connectivity index (χ1) is 6.95. The highest BCUT2D eigenvalue weighted by Gasteiger charge is 2.13. The first-order valence-corrected chi connectivity index (χ1v) is 5.99. The molecule has 0 radical (unpaired) electrons. The van der Waals surface area contributed by atoms with Crippen molar-refractivity contribution in [3.05, 3.63) is 22.7 Å². The molecule has 0 aliphatic rings. The lowest BCUT2D eigenvalue weighted by atomic mass is 10.3. The Balaban J connectivity index is 2.99. The predicted molar refractivity (Wildman–Crippen MR) is 54.9 cm³/mol. The molecule has 1 aromatic rings. The van der Waals surface area contributed by atoms with Crippen LogP contribution in [0, 0.1) is 0 Å². The molecule has 0 saturated carbocycles. The maximum atomic E-state index is 12.6. The summed E-state index contributed by atoms with van der Waals surface area (Å²) >= 11 is 3.06. The first-order valence-electron chi connectivity index (χ1n) is 3.81. The maximum Gasteiger partial charge on any atom is 0.332 e. The number of hydrogen-bond acceptors (Lipinski definition) is 4. The molecular weight excluding hydrogens is 291 g/mol. The summed E-state index contributed by atoms with van der Waals surface area (Å²) in [5.41, 5.74) is 0. The normalized spacial score (nSPS) is 11.4. The second kappa shape index (κ2) is 4.91. The average molecular weight is 299 g/mol. The van der Waals surface area contributed by atoms with Crippen molar-refractivity contribution >= 4 is 26.2 Å². The zero-order valence-electron chi connectivity index (χ0n) is 7.74. The summed E-state index contributed by atoms with van der Waals surface area (Å²) in [6, 6.07) is 3.58. The van der Waals surface area contributed by atoms with E-state index in [2.05, 4.69) is 20.7 Å². The molecule has 4 nitrogen and oxygen atoms in total. The Hall–Kier alpha value is -0.660. The van der Waals surface area contributed by atoms with Crippen LogP contribution in [0.5, 0.6) is 5.75 Å². The summed E-state index contributed by atoms with van der Waals surface area (Å²) in [5.74, 6) is 0.379. The van der Waals surface area contributed by atoms with E-state index in [1.165, 1.54) is 13.2 Å². The molecule has 0 aliphatic heterocycles. The standard InChI is InChI=1S/C8H8BrFO4S/c1-13-5-14-8-3-2-6(4-7(8)9)15(10,11)12/h2-4H,5H2,1H3. The minimum absolute atomic E-state index is 0.0281. The van der Waals surface area contributed by atoms with Crippen LogP contribution in [0.4, 0.5) is 3.89 Å². The first kappa shape index (κ1) is 12.4. The smallest absolute Gasteiger partial charge is 0.332 e. The third-order valence-electron chi connectivity index (χ3n) is 1.52. The van der Waals surface area contributed by atoms with Crippen LogP contribution in [0.2, 0.25) is 0 Å². The summed E-state index contributed by atoms with van der Waals surface area (Å²) in [5, 5.41) is 0. The Morgan fingerprint density at radius 3 is 2.60 bits per heavy atom. The molecule has 84 valence electrons. The molecular formula is C8H8BrFO4S. The second-order valence-electron chi connectivity index (χ2n) is 2.58. The number of halogens is 2. The number of benzene rings is 1. The fourth-order valence-electron chi connectivity index (χ4n) is 0.873. The molecule has 1 aromatic carbocycles. The van der Waals surface area contributed by atoms with Gasteiger partial charge in [-0.2, -0.15) is 8.42 Å². The number of hydrogen-bond donors (Lipinski definition) is 0. The van der Waals surface area contributed by atoms with Crippen LogP contribution in [0.15, 0.2) is 27.6 Å². The van der Waals surface area contributed by atoms with Gasteiger partial charge in [0, 0.05) is 7.11 Å². The van der Waals surface area contributed by atoms with Crippen LogP contribution >= 0.6 is 15.9 Å². The summed E-state index contributed by atoms with van der Waals surface area (Å²) < 4.78 is 43.8. The van der Waals surface area contributed by atoms with Crippen LogP contribution in [0.3, 0.4) is 0 Å². The molecule has 15 heavy (non-hydrogen) atoms. The van der Waals surface area contributed by atoms with Gasteiger partial charge in [0.2, 0.25) is 0 Å². The van der Waals surface area contributed by atoms with Gasteiger partial charge in [-0.05, 0) is 34.1 Å². The molecule has 0 saturated heterocycles. The minimum Gasteiger partial charge on any atom is -0.466 e. The lowest BCUT2D eigenvalue weighted by Crippen LogP contribution is -2.00. The van der Waals surface area contributed by atoms with Gasteiger partial charge in [-0.1, -0.05) is 0 Å². The summed E-state index contributed by atoms with van der Waals surface area (Å²) in [7, 11) is -3.23. The van der Waals surface area contributed by atoms with Crippen molar-refractivity contribution in [3.8, 4) is 5.75 Å². The number of rotatable bonds is 4. The van der Waals surface area contributed by atoms with Crippen molar-refractivity contribution in [1.29, 1.82) is 0 Å². The molecule has 0 amide bonds. The van der Waals surface area contributed by atoms with Crippen LogP contribution in [0.25, 0.3) is 0 Å². The zero-order chi connectivity index (χ0) is 11.5. The van der Waals surface area contributed by atoms with Crippen molar-refractivity contribution in [2.24, 2.45) is 0 Å². The van der Waals surface area contributed by atoms with E-state index < -0.39 is 15.1 Å². The third-order valence-corrected chi connectivity index (χ3v) is 2.95. The summed E-state index contributed by atoms with van der Waals surface area (Å²) in [6.07, 6.45) is 0. The Labute approximate surface area is 95.3 Å². The molecule has 0 heterocycles. The molecule has 0 atom stereocenters. The lowest BCUT2D eigenvalue weighted by Gasteiger charge is -2.06. The van der Waals surface area contributed by atoms with Crippen molar-refractivity contribution < 1.29 is 21.8 Å². The summed E-state index contributed by atoms with van der Waals surface area (Å²) in [4.78, 5) is -0.417. The van der Waals surface area contributed by atoms with Crippen LogP contribution in [-0.2, 0) is 15.0 Å². The third kappa shape index (κ3) is 3.44. The van der Waals surface area contributed by atoms with Gasteiger partial charge in [0.05, 0.1) is 9.37 Å². The molecule has 0 spiro atoms. The van der Waals surface area contributed by atoms with Gasteiger partial charge >= 0.3 is 10.2 Å². The Bertz CT molecular complexity index is 446. The van der Waals surface area contributed by atoms with Crippen molar-refractivity contribution in [1.82, 2.24) is 0 Å². The monoisotopic (exact) mass is 298 g/mol. The van der Waals surface area contributed by atoms with Gasteiger partial charge in [-0.25, -0.2) is 0 Å². The molecule has 0 N–H and O–H groups in total. The zero-order valence-corrected chi connectivity index (χ0v) is 10.1. The Kier molecular flexibility index (Phi) is 4.06. The molecule has 0 aliphatic carbocycles. The van der Waals surface area contributed by atoms with Crippen molar-refractivity contribution in [2.75, 3.05) is 13.9 Å². The topological polar surface area (TPSA) is 52.6 Å². The molecule has 0 fully saturated rings. The van der Waals surface area contributed by atoms with E-state index in [0.29, 0.717) is 10.2 Å². The molecule has 7 heteroatoms. The van der Waals surface area contributed by atoms with Gasteiger partial charge in [0.25, 0.3) is 0 Å². The number of ether oxygens (including phenoxy) is 2. The average Bonchev–Trinajstić information content (AvgIpc) is 2.14. The molecule has 0 unspecified atom stereocenters. The van der Waals surface area contributed by atoms with Crippen LogP contribution in [0.1, 0.15) is 0 Å². The molecule has 0 aromatic heterocycles. The maximum absolute atomic E-state index is 12.6. The van der Waals surface area contributed by atoms with Gasteiger partial charge in [0.1, 0.15) is 5.75 Å². The Morgan fingerprint density at radius 1 is 1.47 bits per heavy atom. The molecule has 1 rings (SSSR count). The van der Waals surface area contributed by atoms with Crippen molar-refractivity contribution in [2.45, 2.75) is 4.90 Å². The predicted octanol–water partition coefficient (Wildman–Crippen LogP) is 2.09. The largest absolute Gasteiger partial charge is 0.466 e. The molecule has 0 bridgehead atoms. The van der Waals surface area contributed by atoms with E-state index in [4.69, 9.17) is 4.74 Å². The van der Waals surface area contributed by atoms with E-state index in [1.807, 2.05) is 0 Å². The highest BCUT2D eigenvalue weighted by molar-refractivity contribution is 9.10. The van der Waals surface area contributed by atoms with Crippen molar-refractivity contribution in [3.63, 3.8) is 0 Å². The van der Waals surface area contributed by atoms with E-state index in [-0.39, 0.29) is 6.79 Å². The minimum atomic E-state index is -4.68. The van der Waals surface area contributed by atoms with Gasteiger partial charge in [0.15, 0.2) is 6.79 Å². The van der Waals surface area contributed by atoms with Gasteiger partial charge in [-0.3, -0.25) is 0 Å². The lowest BCUT2D eigenvalue weighted by molar-refractivity contribution is 0.0505. The van der Waals surface area contributed by atoms with E-state index >= 15 is 0 Å². The fraction of sp³-hybridized carbons (Fsp3) is 0.250. The van der Waals surface area contributed by atoms with Crippen LogP contribution < -0.4 is 4.74 Å². The highest BCUT2D eigenvalue weighted by atomic mass is 79.9. The quantitative estimate of drug-likeness (QED) is 0.631. The van der Waals surface area contributed by atoms with E-state index in [1.54, 1.807) is 0 Å². The van der Waals surface area contributed by atoms with E-state index in [0.717, 1.165) is 12.1 Å². The van der Waals surface area contributed by atoms with Gasteiger partial charge < -0.3 is 9.47 Å². The van der Waals surface area contributed by atoms with Crippen LogP contribution in [-0.4, -0.2) is 22.3 Å². The highest BCUT2D eigenvalue weighted by Crippen LogP contribution is 2.28.